The van der Waals surface area contributed by atoms with Crippen molar-refractivity contribution in [1.82, 2.24) is 19.9 Å². The predicted octanol–water partition coefficient (Wildman–Crippen LogP) is 4.59. The first-order chi connectivity index (χ1) is 13.3. The Balaban J connectivity index is 1.66. The van der Waals surface area contributed by atoms with Crippen LogP contribution in [-0.2, 0) is 19.1 Å². The number of alkyl halides is 3. The normalized spacial score (nSPS) is 16.9. The van der Waals surface area contributed by atoms with Gasteiger partial charge in [0.1, 0.15) is 5.69 Å². The van der Waals surface area contributed by atoms with E-state index in [0.717, 1.165) is 17.4 Å². The molecule has 0 fully saturated rings. The second-order valence-electron chi connectivity index (χ2n) is 6.53. The van der Waals surface area contributed by atoms with Gasteiger partial charge in [-0.05, 0) is 30.5 Å². The monoisotopic (exact) mass is 426 g/mol. The molecule has 1 amide bonds. The largest absolute Gasteiger partial charge is 0.417 e. The van der Waals surface area contributed by atoms with Gasteiger partial charge < -0.3 is 4.90 Å². The lowest BCUT2D eigenvalue weighted by atomic mass is 10.0. The Morgan fingerprint density at radius 2 is 2.11 bits per heavy atom. The molecule has 0 radical (unpaired) electrons. The van der Waals surface area contributed by atoms with Crippen LogP contribution in [0.2, 0.25) is 5.02 Å². The Kier molecular flexibility index (Phi) is 4.67. The Morgan fingerprint density at radius 3 is 2.79 bits per heavy atom. The average Bonchev–Trinajstić information content (AvgIpc) is 3.28. The molecule has 3 aromatic rings. The summed E-state index contributed by atoms with van der Waals surface area (Å²) in [6.45, 7) is 2.00. The Labute approximate surface area is 167 Å². The van der Waals surface area contributed by atoms with Crippen molar-refractivity contribution in [3.63, 3.8) is 0 Å². The van der Waals surface area contributed by atoms with Gasteiger partial charge in [0.25, 0.3) is 5.91 Å². The Hall–Kier alpha value is -2.39. The van der Waals surface area contributed by atoms with Crippen LogP contribution < -0.4 is 0 Å². The number of fused-ring (bicyclic) bond motifs is 1. The molecule has 10 heteroatoms. The third kappa shape index (κ3) is 3.18. The van der Waals surface area contributed by atoms with Gasteiger partial charge in [0.2, 0.25) is 0 Å². The van der Waals surface area contributed by atoms with E-state index in [1.165, 1.54) is 28.4 Å². The molecule has 28 heavy (non-hydrogen) atoms. The minimum atomic E-state index is -4.63. The number of thiophene rings is 1. The van der Waals surface area contributed by atoms with Crippen LogP contribution >= 0.6 is 22.9 Å². The van der Waals surface area contributed by atoms with Gasteiger partial charge in [0, 0.05) is 17.8 Å². The number of amides is 1. The van der Waals surface area contributed by atoms with E-state index in [-0.39, 0.29) is 18.2 Å². The molecule has 0 spiro atoms. The van der Waals surface area contributed by atoms with Crippen molar-refractivity contribution in [1.29, 1.82) is 0 Å². The number of nitrogens with zero attached hydrogens (tertiary/aromatic N) is 4. The quantitative estimate of drug-likeness (QED) is 0.602. The van der Waals surface area contributed by atoms with Gasteiger partial charge in [-0.1, -0.05) is 22.9 Å². The highest BCUT2D eigenvalue weighted by Gasteiger charge is 2.37. The second-order valence-corrected chi connectivity index (χ2v) is 7.69. The number of carbonyl (C=O) groups is 1. The number of benzene rings is 1. The third-order valence-corrected chi connectivity index (χ3v) is 5.81. The molecule has 0 aliphatic carbocycles. The molecule has 1 aromatic carbocycles. The highest BCUT2D eigenvalue weighted by atomic mass is 35.5. The van der Waals surface area contributed by atoms with E-state index in [9.17, 15) is 18.0 Å². The minimum absolute atomic E-state index is 0.159. The zero-order valence-corrected chi connectivity index (χ0v) is 16.1. The lowest BCUT2D eigenvalue weighted by Gasteiger charge is -2.33. The van der Waals surface area contributed by atoms with E-state index in [4.69, 9.17) is 11.6 Å². The van der Waals surface area contributed by atoms with Gasteiger partial charge >= 0.3 is 6.18 Å². The molecule has 1 atom stereocenters. The van der Waals surface area contributed by atoms with Gasteiger partial charge in [-0.15, -0.1) is 5.10 Å². The van der Waals surface area contributed by atoms with Crippen LogP contribution in [-0.4, -0.2) is 31.8 Å². The van der Waals surface area contributed by atoms with Gasteiger partial charge in [0.15, 0.2) is 0 Å². The molecule has 0 bridgehead atoms. The average molecular weight is 427 g/mol. The van der Waals surface area contributed by atoms with Crippen molar-refractivity contribution in [2.24, 2.45) is 0 Å². The van der Waals surface area contributed by atoms with Crippen LogP contribution in [0.3, 0.4) is 0 Å². The number of hydrogen-bond donors (Lipinski definition) is 0. The zero-order chi connectivity index (χ0) is 20.1. The molecule has 146 valence electrons. The second kappa shape index (κ2) is 6.89. The maximum absolute atomic E-state index is 13.1. The minimum Gasteiger partial charge on any atom is -0.329 e. The van der Waals surface area contributed by atoms with Gasteiger partial charge in [-0.25, -0.2) is 4.68 Å². The third-order valence-electron chi connectivity index (χ3n) is 4.73. The van der Waals surface area contributed by atoms with Crippen molar-refractivity contribution in [3.8, 4) is 5.69 Å². The van der Waals surface area contributed by atoms with Gasteiger partial charge in [-0.2, -0.15) is 24.5 Å². The summed E-state index contributed by atoms with van der Waals surface area (Å²) in [5, 5.41) is 11.6. The lowest BCUT2D eigenvalue weighted by molar-refractivity contribution is -0.137. The molecular weight excluding hydrogens is 413 g/mol. The van der Waals surface area contributed by atoms with Gasteiger partial charge in [-0.3, -0.25) is 4.79 Å². The molecule has 5 nitrogen and oxygen atoms in total. The van der Waals surface area contributed by atoms with E-state index < -0.39 is 22.7 Å². The van der Waals surface area contributed by atoms with E-state index in [1.807, 2.05) is 23.8 Å². The van der Waals surface area contributed by atoms with Gasteiger partial charge in [0.05, 0.1) is 34.1 Å². The molecule has 0 N–H and O–H groups in total. The van der Waals surface area contributed by atoms with E-state index in [2.05, 4.69) is 10.3 Å². The first-order valence-electron chi connectivity index (χ1n) is 8.40. The summed E-state index contributed by atoms with van der Waals surface area (Å²) in [6.07, 6.45) is -4.14. The number of aromatic nitrogens is 3. The molecule has 1 unspecified atom stereocenters. The highest BCUT2D eigenvalue weighted by molar-refractivity contribution is 7.08. The maximum Gasteiger partial charge on any atom is 0.417 e. The van der Waals surface area contributed by atoms with E-state index in [1.54, 1.807) is 4.68 Å². The van der Waals surface area contributed by atoms with E-state index >= 15 is 0 Å². The molecule has 1 aliphatic heterocycles. The van der Waals surface area contributed by atoms with Crippen molar-refractivity contribution in [2.45, 2.75) is 32.1 Å². The molecular formula is C18H14ClF3N4OS. The predicted molar refractivity (Wildman–Crippen MR) is 98.7 cm³/mol. The molecule has 3 heterocycles. The summed E-state index contributed by atoms with van der Waals surface area (Å²) in [5.74, 6) is -0.556. The highest BCUT2D eigenvalue weighted by Crippen LogP contribution is 2.37. The van der Waals surface area contributed by atoms with Crippen molar-refractivity contribution < 1.29 is 18.0 Å². The summed E-state index contributed by atoms with van der Waals surface area (Å²) in [4.78, 5) is 14.5. The fraction of sp³-hybridized carbons (Fsp3) is 0.278. The number of halogens is 4. The summed E-state index contributed by atoms with van der Waals surface area (Å²) in [7, 11) is 0. The first kappa shape index (κ1) is 18.9. The van der Waals surface area contributed by atoms with Crippen LogP contribution in [0.15, 0.2) is 35.0 Å². The van der Waals surface area contributed by atoms with Crippen molar-refractivity contribution >= 4 is 28.8 Å². The van der Waals surface area contributed by atoms with E-state index in [0.29, 0.717) is 12.1 Å². The number of carbonyl (C=O) groups excluding carboxylic acids is 1. The SMILES string of the molecule is CC1Cc2c(nnn2-c2ccsc2)CN1C(=O)c1cccc(C(F)(F)F)c1Cl. The van der Waals surface area contributed by atoms with Crippen molar-refractivity contribution in [3.05, 3.63) is 62.6 Å². The summed E-state index contributed by atoms with van der Waals surface area (Å²) in [5.41, 5.74) is 1.23. The van der Waals surface area contributed by atoms with Crippen LogP contribution in [0.25, 0.3) is 5.69 Å². The molecule has 0 saturated carbocycles. The molecule has 1 aliphatic rings. The van der Waals surface area contributed by atoms with Crippen molar-refractivity contribution in [2.75, 3.05) is 0 Å². The lowest BCUT2D eigenvalue weighted by Crippen LogP contribution is -2.43. The van der Waals surface area contributed by atoms with Crippen LogP contribution in [0.1, 0.15) is 34.2 Å². The Bertz CT molecular complexity index is 1030. The topological polar surface area (TPSA) is 51.0 Å². The summed E-state index contributed by atoms with van der Waals surface area (Å²) >= 11 is 7.47. The standard InChI is InChI=1S/C18H14ClF3N4OS/c1-10-7-15-14(23-24-26(15)11-5-6-28-9-11)8-25(10)17(27)12-3-2-4-13(16(12)19)18(20,21)22/h2-6,9-10H,7-8H2,1H3. The summed E-state index contributed by atoms with van der Waals surface area (Å²) in [6, 6.07) is 5.04. The zero-order valence-electron chi connectivity index (χ0n) is 14.6. The fourth-order valence-corrected chi connectivity index (χ4v) is 4.22. The van der Waals surface area contributed by atoms with Crippen LogP contribution in [0.4, 0.5) is 13.2 Å². The molecule has 4 rings (SSSR count). The molecule has 2 aromatic heterocycles. The maximum atomic E-state index is 13.1. The smallest absolute Gasteiger partial charge is 0.329 e. The Morgan fingerprint density at radius 1 is 1.32 bits per heavy atom. The fourth-order valence-electron chi connectivity index (χ4n) is 3.30. The van der Waals surface area contributed by atoms with Crippen LogP contribution in [0.5, 0.6) is 0 Å². The molecule has 0 saturated heterocycles. The van der Waals surface area contributed by atoms with Crippen LogP contribution in [0, 0.1) is 0 Å². The summed E-state index contributed by atoms with van der Waals surface area (Å²) < 4.78 is 41.1. The number of hydrogen-bond acceptors (Lipinski definition) is 4. The first-order valence-corrected chi connectivity index (χ1v) is 9.72. The number of rotatable bonds is 2.